The third-order valence-electron chi connectivity index (χ3n) is 2.97. The number of aromatic amines is 1. The van der Waals surface area contributed by atoms with Crippen molar-refractivity contribution < 1.29 is 0 Å². The van der Waals surface area contributed by atoms with Crippen molar-refractivity contribution in [3.8, 4) is 0 Å². The average Bonchev–Trinajstić information content (AvgIpc) is 2.75. The Morgan fingerprint density at radius 2 is 2.29 bits per heavy atom. The zero-order valence-corrected chi connectivity index (χ0v) is 8.21. The van der Waals surface area contributed by atoms with Gasteiger partial charge in [-0.25, -0.2) is 0 Å². The SMILES string of the molecule is Cn1[nH]c(=O)c2c1NCN2CC1CC1. The first kappa shape index (κ1) is 7.96. The van der Waals surface area contributed by atoms with E-state index in [0.717, 1.165) is 30.6 Å². The van der Waals surface area contributed by atoms with E-state index in [1.165, 1.54) is 12.8 Å². The van der Waals surface area contributed by atoms with E-state index in [1.54, 1.807) is 4.68 Å². The number of fused-ring (bicyclic) bond motifs is 1. The van der Waals surface area contributed by atoms with Gasteiger partial charge in [0.15, 0.2) is 5.82 Å². The van der Waals surface area contributed by atoms with Crippen LogP contribution in [0.1, 0.15) is 12.8 Å². The fourth-order valence-corrected chi connectivity index (χ4v) is 2.04. The van der Waals surface area contributed by atoms with Crippen LogP contribution >= 0.6 is 0 Å². The molecule has 14 heavy (non-hydrogen) atoms. The van der Waals surface area contributed by atoms with E-state index >= 15 is 0 Å². The summed E-state index contributed by atoms with van der Waals surface area (Å²) < 4.78 is 1.75. The summed E-state index contributed by atoms with van der Waals surface area (Å²) in [5.74, 6) is 1.73. The minimum absolute atomic E-state index is 0.0214. The summed E-state index contributed by atoms with van der Waals surface area (Å²) in [4.78, 5) is 13.7. The Kier molecular flexibility index (Phi) is 1.45. The Balaban J connectivity index is 1.95. The minimum atomic E-state index is 0.0214. The number of hydrogen-bond acceptors (Lipinski definition) is 3. The third kappa shape index (κ3) is 1.05. The number of aryl methyl sites for hydroxylation is 1. The van der Waals surface area contributed by atoms with Crippen LogP contribution < -0.4 is 15.8 Å². The summed E-state index contributed by atoms with van der Waals surface area (Å²) in [6.45, 7) is 1.80. The number of H-pyrrole nitrogens is 1. The highest BCUT2D eigenvalue weighted by atomic mass is 16.1. The topological polar surface area (TPSA) is 53.1 Å². The Bertz CT molecular complexity index is 415. The monoisotopic (exact) mass is 194 g/mol. The van der Waals surface area contributed by atoms with Gasteiger partial charge in [0.25, 0.3) is 5.56 Å². The molecular weight excluding hydrogens is 180 g/mol. The maximum Gasteiger partial charge on any atom is 0.289 e. The predicted octanol–water partition coefficient (Wildman–Crippen LogP) is 0.313. The van der Waals surface area contributed by atoms with Crippen molar-refractivity contribution in [1.82, 2.24) is 9.78 Å². The Labute approximate surface area is 81.7 Å². The Morgan fingerprint density at radius 3 is 3.00 bits per heavy atom. The fourth-order valence-electron chi connectivity index (χ4n) is 2.04. The van der Waals surface area contributed by atoms with Crippen LogP contribution in [-0.2, 0) is 7.05 Å². The van der Waals surface area contributed by atoms with Gasteiger partial charge in [0.2, 0.25) is 0 Å². The molecule has 3 rings (SSSR count). The molecule has 0 radical (unpaired) electrons. The van der Waals surface area contributed by atoms with Crippen molar-refractivity contribution in [3.63, 3.8) is 0 Å². The minimum Gasteiger partial charge on any atom is -0.351 e. The summed E-state index contributed by atoms with van der Waals surface area (Å²) in [6, 6.07) is 0. The van der Waals surface area contributed by atoms with E-state index in [2.05, 4.69) is 15.3 Å². The lowest BCUT2D eigenvalue weighted by Crippen LogP contribution is -2.29. The molecule has 0 atom stereocenters. The third-order valence-corrected chi connectivity index (χ3v) is 2.97. The predicted molar refractivity (Wildman–Crippen MR) is 54.6 cm³/mol. The van der Waals surface area contributed by atoms with Crippen LogP contribution in [0.2, 0.25) is 0 Å². The van der Waals surface area contributed by atoms with Gasteiger partial charge in [-0.1, -0.05) is 0 Å². The molecule has 1 fully saturated rings. The molecule has 5 heteroatoms. The number of nitrogens with zero attached hydrogens (tertiary/aromatic N) is 2. The van der Waals surface area contributed by atoms with Gasteiger partial charge >= 0.3 is 0 Å². The van der Waals surface area contributed by atoms with Gasteiger partial charge in [-0.3, -0.25) is 14.6 Å². The van der Waals surface area contributed by atoms with Crippen LogP contribution in [0, 0.1) is 5.92 Å². The maximum atomic E-state index is 11.6. The van der Waals surface area contributed by atoms with Crippen molar-refractivity contribution in [1.29, 1.82) is 0 Å². The van der Waals surface area contributed by atoms with Crippen LogP contribution in [0.25, 0.3) is 0 Å². The first-order chi connectivity index (χ1) is 6.75. The van der Waals surface area contributed by atoms with E-state index < -0.39 is 0 Å². The van der Waals surface area contributed by atoms with E-state index in [4.69, 9.17) is 0 Å². The lowest BCUT2D eigenvalue weighted by Gasteiger charge is -2.14. The molecular formula is C9H14N4O. The number of anilines is 2. The summed E-state index contributed by atoms with van der Waals surface area (Å²) in [5, 5.41) is 5.99. The summed E-state index contributed by atoms with van der Waals surface area (Å²) >= 11 is 0. The Hall–Kier alpha value is -1.39. The molecule has 0 bridgehead atoms. The number of rotatable bonds is 2. The van der Waals surface area contributed by atoms with Gasteiger partial charge in [-0.15, -0.1) is 0 Å². The second-order valence-corrected chi connectivity index (χ2v) is 4.20. The van der Waals surface area contributed by atoms with Crippen LogP contribution in [0.3, 0.4) is 0 Å². The van der Waals surface area contributed by atoms with E-state index in [-0.39, 0.29) is 5.56 Å². The van der Waals surface area contributed by atoms with Crippen LogP contribution in [0.4, 0.5) is 11.5 Å². The molecule has 0 aromatic carbocycles. The number of hydrogen-bond donors (Lipinski definition) is 2. The number of nitrogens with one attached hydrogen (secondary N) is 2. The highest BCUT2D eigenvalue weighted by Crippen LogP contribution is 2.34. The second kappa shape index (κ2) is 2.56. The maximum absolute atomic E-state index is 11.6. The second-order valence-electron chi connectivity index (χ2n) is 4.20. The summed E-state index contributed by atoms with van der Waals surface area (Å²) in [7, 11) is 1.86. The summed E-state index contributed by atoms with van der Waals surface area (Å²) in [6.07, 6.45) is 2.63. The molecule has 5 nitrogen and oxygen atoms in total. The molecule has 76 valence electrons. The van der Waals surface area contributed by atoms with Crippen LogP contribution in [0.5, 0.6) is 0 Å². The first-order valence-corrected chi connectivity index (χ1v) is 5.03. The van der Waals surface area contributed by atoms with Gasteiger partial charge in [-0.05, 0) is 18.8 Å². The normalized spacial score (nSPS) is 19.6. The molecule has 0 spiro atoms. The van der Waals surface area contributed by atoms with E-state index in [0.29, 0.717) is 0 Å². The molecule has 1 saturated carbocycles. The molecule has 1 aromatic heterocycles. The smallest absolute Gasteiger partial charge is 0.289 e. The van der Waals surface area contributed by atoms with Crippen LogP contribution in [0.15, 0.2) is 4.79 Å². The van der Waals surface area contributed by atoms with Gasteiger partial charge < -0.3 is 10.2 Å². The molecule has 2 N–H and O–H groups in total. The zero-order chi connectivity index (χ0) is 9.71. The quantitative estimate of drug-likeness (QED) is 0.712. The molecule has 1 aliphatic heterocycles. The zero-order valence-electron chi connectivity index (χ0n) is 8.21. The fraction of sp³-hybridized carbons (Fsp3) is 0.667. The average molecular weight is 194 g/mol. The molecule has 1 aliphatic carbocycles. The Morgan fingerprint density at radius 1 is 1.50 bits per heavy atom. The molecule has 2 aliphatic rings. The van der Waals surface area contributed by atoms with Crippen molar-refractivity contribution >= 4 is 11.5 Å². The van der Waals surface area contributed by atoms with Gasteiger partial charge in [0.05, 0.1) is 6.67 Å². The molecule has 2 heterocycles. The molecule has 1 aromatic rings. The number of aromatic nitrogens is 2. The lowest BCUT2D eigenvalue weighted by atomic mass is 10.3. The largest absolute Gasteiger partial charge is 0.351 e. The van der Waals surface area contributed by atoms with Crippen molar-refractivity contribution in [3.05, 3.63) is 10.4 Å². The highest BCUT2D eigenvalue weighted by molar-refractivity contribution is 5.70. The molecule has 0 saturated heterocycles. The van der Waals surface area contributed by atoms with Crippen molar-refractivity contribution in [2.45, 2.75) is 12.8 Å². The van der Waals surface area contributed by atoms with Crippen molar-refractivity contribution in [2.24, 2.45) is 13.0 Å². The molecule has 0 unspecified atom stereocenters. The van der Waals surface area contributed by atoms with Gasteiger partial charge in [0, 0.05) is 13.6 Å². The first-order valence-electron chi connectivity index (χ1n) is 5.03. The van der Waals surface area contributed by atoms with E-state index in [9.17, 15) is 4.79 Å². The highest BCUT2D eigenvalue weighted by Gasteiger charge is 2.31. The van der Waals surface area contributed by atoms with Gasteiger partial charge in [-0.2, -0.15) is 0 Å². The summed E-state index contributed by atoms with van der Waals surface area (Å²) in [5.41, 5.74) is 0.840. The van der Waals surface area contributed by atoms with E-state index in [1.807, 2.05) is 7.05 Å². The molecule has 0 amide bonds. The van der Waals surface area contributed by atoms with Crippen LogP contribution in [-0.4, -0.2) is 23.0 Å². The standard InChI is InChI=1S/C9H14N4O/c1-12-8-7(9(14)11-12)13(5-10-8)4-6-2-3-6/h6,10H,2-5H2,1H3,(H,11,14). The lowest BCUT2D eigenvalue weighted by molar-refractivity contribution is 0.737. The van der Waals surface area contributed by atoms with Gasteiger partial charge in [0.1, 0.15) is 5.69 Å². The van der Waals surface area contributed by atoms with Crippen molar-refractivity contribution in [2.75, 3.05) is 23.4 Å².